The first kappa shape index (κ1) is 19.0. The van der Waals surface area contributed by atoms with Crippen molar-refractivity contribution in [3.63, 3.8) is 0 Å². The fourth-order valence-electron chi connectivity index (χ4n) is 3.70. The molecular formula is C22H25NO4. The zero-order chi connectivity index (χ0) is 19.4. The molecule has 1 saturated heterocycles. The van der Waals surface area contributed by atoms with Crippen molar-refractivity contribution < 1.29 is 19.4 Å². The number of carbonyl (C=O) groups is 2. The standard InChI is InChI=1S/C22H25NO4/c1-3-18-9-4-5-12-23(18)21(25)16-8-6-7-15(13-16)19-11-10-17(14-20(19)24)22(26)27-2/h6-8,10-11,13-14,18,24H,3-5,9,12H2,1-2H3/t18-/m0/s1. The fourth-order valence-corrected chi connectivity index (χ4v) is 3.70. The van der Waals surface area contributed by atoms with Gasteiger partial charge >= 0.3 is 5.97 Å². The predicted octanol–water partition coefficient (Wildman–Crippen LogP) is 4.25. The maximum absolute atomic E-state index is 13.0. The van der Waals surface area contributed by atoms with Crippen LogP contribution in [0.5, 0.6) is 5.75 Å². The van der Waals surface area contributed by atoms with Gasteiger partial charge in [-0.15, -0.1) is 0 Å². The molecule has 2 aromatic carbocycles. The molecule has 0 radical (unpaired) electrons. The van der Waals surface area contributed by atoms with Gasteiger partial charge in [-0.2, -0.15) is 0 Å². The number of hydrogen-bond donors (Lipinski definition) is 1. The van der Waals surface area contributed by atoms with Crippen LogP contribution in [0.3, 0.4) is 0 Å². The molecule has 3 rings (SSSR count). The third-order valence-corrected chi connectivity index (χ3v) is 5.20. The summed E-state index contributed by atoms with van der Waals surface area (Å²) >= 11 is 0. The van der Waals surface area contributed by atoms with Gasteiger partial charge in [0, 0.05) is 23.7 Å². The minimum absolute atomic E-state index is 0.0214. The third kappa shape index (κ3) is 3.97. The van der Waals surface area contributed by atoms with Gasteiger partial charge in [-0.05, 0) is 61.6 Å². The largest absolute Gasteiger partial charge is 0.507 e. The Morgan fingerprint density at radius 1 is 1.15 bits per heavy atom. The maximum Gasteiger partial charge on any atom is 0.337 e. The van der Waals surface area contributed by atoms with Crippen LogP contribution in [-0.2, 0) is 4.74 Å². The van der Waals surface area contributed by atoms with E-state index < -0.39 is 5.97 Å². The van der Waals surface area contributed by atoms with Gasteiger partial charge in [0.25, 0.3) is 5.91 Å². The summed E-state index contributed by atoms with van der Waals surface area (Å²) in [6, 6.07) is 12.2. The van der Waals surface area contributed by atoms with Gasteiger partial charge in [-0.3, -0.25) is 4.79 Å². The Labute approximate surface area is 159 Å². The Bertz CT molecular complexity index is 846. The van der Waals surface area contributed by atoms with Crippen LogP contribution in [0.2, 0.25) is 0 Å². The molecule has 1 amide bonds. The molecule has 1 N–H and O–H groups in total. The van der Waals surface area contributed by atoms with Crippen LogP contribution >= 0.6 is 0 Å². The van der Waals surface area contributed by atoms with Gasteiger partial charge in [0.05, 0.1) is 12.7 Å². The Kier molecular flexibility index (Phi) is 5.79. The number of likely N-dealkylation sites (tertiary alicyclic amines) is 1. The summed E-state index contributed by atoms with van der Waals surface area (Å²) in [5, 5.41) is 10.3. The highest BCUT2D eigenvalue weighted by molar-refractivity contribution is 5.96. The maximum atomic E-state index is 13.0. The highest BCUT2D eigenvalue weighted by Gasteiger charge is 2.26. The predicted molar refractivity (Wildman–Crippen MR) is 104 cm³/mol. The Hall–Kier alpha value is -2.82. The van der Waals surface area contributed by atoms with Gasteiger partial charge in [-0.25, -0.2) is 4.79 Å². The normalized spacial score (nSPS) is 16.8. The first-order chi connectivity index (χ1) is 13.0. The van der Waals surface area contributed by atoms with Crippen LogP contribution in [0.25, 0.3) is 11.1 Å². The number of amides is 1. The molecule has 0 unspecified atom stereocenters. The summed E-state index contributed by atoms with van der Waals surface area (Å²) in [4.78, 5) is 26.6. The highest BCUT2D eigenvalue weighted by Crippen LogP contribution is 2.31. The molecule has 1 fully saturated rings. The van der Waals surface area contributed by atoms with Crippen molar-refractivity contribution in [2.45, 2.75) is 38.6 Å². The van der Waals surface area contributed by atoms with Gasteiger partial charge in [0.2, 0.25) is 0 Å². The molecule has 1 heterocycles. The molecule has 2 aromatic rings. The van der Waals surface area contributed by atoms with E-state index >= 15 is 0 Å². The first-order valence-electron chi connectivity index (χ1n) is 9.38. The zero-order valence-electron chi connectivity index (χ0n) is 15.8. The van der Waals surface area contributed by atoms with Crippen molar-refractivity contribution in [1.29, 1.82) is 0 Å². The fraction of sp³-hybridized carbons (Fsp3) is 0.364. The van der Waals surface area contributed by atoms with Gasteiger partial charge in [-0.1, -0.05) is 19.1 Å². The number of rotatable bonds is 4. The number of piperidine rings is 1. The van der Waals surface area contributed by atoms with E-state index in [2.05, 4.69) is 11.7 Å². The molecule has 27 heavy (non-hydrogen) atoms. The smallest absolute Gasteiger partial charge is 0.337 e. The van der Waals surface area contributed by atoms with Gasteiger partial charge < -0.3 is 14.7 Å². The van der Waals surface area contributed by atoms with Crippen molar-refractivity contribution in [3.8, 4) is 16.9 Å². The number of esters is 1. The molecule has 0 saturated carbocycles. The average Bonchev–Trinajstić information content (AvgIpc) is 2.72. The van der Waals surface area contributed by atoms with E-state index in [9.17, 15) is 14.7 Å². The number of ether oxygens (including phenoxy) is 1. The lowest BCUT2D eigenvalue weighted by Crippen LogP contribution is -2.43. The molecule has 1 atom stereocenters. The molecule has 1 aliphatic rings. The van der Waals surface area contributed by atoms with E-state index in [1.807, 2.05) is 23.1 Å². The van der Waals surface area contributed by atoms with E-state index in [1.54, 1.807) is 18.2 Å². The Morgan fingerprint density at radius 3 is 2.67 bits per heavy atom. The van der Waals surface area contributed by atoms with Crippen LogP contribution < -0.4 is 0 Å². The molecule has 1 aliphatic heterocycles. The van der Waals surface area contributed by atoms with Crippen LogP contribution in [0.15, 0.2) is 42.5 Å². The summed E-state index contributed by atoms with van der Waals surface area (Å²) in [5.74, 6) is -0.488. The van der Waals surface area contributed by atoms with Crippen LogP contribution in [0, 0.1) is 0 Å². The second-order valence-corrected chi connectivity index (χ2v) is 6.86. The number of methoxy groups -OCH3 is 1. The Balaban J connectivity index is 1.89. The van der Waals surface area contributed by atoms with E-state index in [4.69, 9.17) is 0 Å². The number of nitrogens with zero attached hydrogens (tertiary/aromatic N) is 1. The molecule has 0 aromatic heterocycles. The zero-order valence-corrected chi connectivity index (χ0v) is 15.8. The summed E-state index contributed by atoms with van der Waals surface area (Å²) in [7, 11) is 1.30. The van der Waals surface area contributed by atoms with E-state index in [-0.39, 0.29) is 17.2 Å². The van der Waals surface area contributed by atoms with E-state index in [0.717, 1.165) is 31.4 Å². The summed E-state index contributed by atoms with van der Waals surface area (Å²) in [6.45, 7) is 2.91. The number of phenolic OH excluding ortho intramolecular Hbond substituents is 1. The molecule has 142 valence electrons. The summed E-state index contributed by atoms with van der Waals surface area (Å²) < 4.78 is 4.68. The number of phenols is 1. The van der Waals surface area contributed by atoms with Crippen molar-refractivity contribution in [1.82, 2.24) is 4.90 Å². The van der Waals surface area contributed by atoms with E-state index in [1.165, 1.54) is 19.6 Å². The minimum Gasteiger partial charge on any atom is -0.507 e. The van der Waals surface area contributed by atoms with Gasteiger partial charge in [0.15, 0.2) is 0 Å². The lowest BCUT2D eigenvalue weighted by atomic mass is 9.97. The lowest BCUT2D eigenvalue weighted by molar-refractivity contribution is 0.0595. The molecular weight excluding hydrogens is 342 g/mol. The van der Waals surface area contributed by atoms with Gasteiger partial charge in [0.1, 0.15) is 5.75 Å². The van der Waals surface area contributed by atoms with Crippen molar-refractivity contribution in [3.05, 3.63) is 53.6 Å². The average molecular weight is 367 g/mol. The van der Waals surface area contributed by atoms with Crippen molar-refractivity contribution >= 4 is 11.9 Å². The number of hydrogen-bond acceptors (Lipinski definition) is 4. The lowest BCUT2D eigenvalue weighted by Gasteiger charge is -2.35. The summed E-state index contributed by atoms with van der Waals surface area (Å²) in [5.41, 5.74) is 2.21. The third-order valence-electron chi connectivity index (χ3n) is 5.20. The Morgan fingerprint density at radius 2 is 1.96 bits per heavy atom. The SMILES string of the molecule is CC[C@H]1CCCCN1C(=O)c1cccc(-c2ccc(C(=O)OC)cc2O)c1. The quantitative estimate of drug-likeness (QED) is 0.821. The van der Waals surface area contributed by atoms with Crippen molar-refractivity contribution in [2.75, 3.05) is 13.7 Å². The van der Waals surface area contributed by atoms with Crippen LogP contribution in [0.1, 0.15) is 53.3 Å². The number of benzene rings is 2. The molecule has 0 spiro atoms. The number of carbonyl (C=O) groups excluding carboxylic acids is 2. The van der Waals surface area contributed by atoms with Crippen molar-refractivity contribution in [2.24, 2.45) is 0 Å². The molecule has 0 aliphatic carbocycles. The minimum atomic E-state index is -0.503. The van der Waals surface area contributed by atoms with E-state index in [0.29, 0.717) is 17.2 Å². The van der Waals surface area contributed by atoms with Crippen LogP contribution in [0.4, 0.5) is 0 Å². The monoisotopic (exact) mass is 367 g/mol. The number of aromatic hydroxyl groups is 1. The highest BCUT2D eigenvalue weighted by atomic mass is 16.5. The second kappa shape index (κ2) is 8.25. The molecule has 0 bridgehead atoms. The second-order valence-electron chi connectivity index (χ2n) is 6.86. The molecule has 5 heteroatoms. The molecule has 5 nitrogen and oxygen atoms in total. The topological polar surface area (TPSA) is 66.8 Å². The summed E-state index contributed by atoms with van der Waals surface area (Å²) in [6.07, 6.45) is 4.22. The van der Waals surface area contributed by atoms with Crippen LogP contribution in [-0.4, -0.2) is 41.6 Å². The first-order valence-corrected chi connectivity index (χ1v) is 9.38.